The van der Waals surface area contributed by atoms with E-state index in [0.717, 1.165) is 23.6 Å². The first kappa shape index (κ1) is 21.2. The summed E-state index contributed by atoms with van der Waals surface area (Å²) in [5, 5.41) is 24.1. The van der Waals surface area contributed by atoms with Crippen molar-refractivity contribution in [2.24, 2.45) is 5.92 Å². The van der Waals surface area contributed by atoms with Gasteiger partial charge in [0.2, 0.25) is 0 Å². The van der Waals surface area contributed by atoms with Gasteiger partial charge in [-0.05, 0) is 93.3 Å². The largest absolute Gasteiger partial charge is 0.478 e. The molecule has 0 bridgehead atoms. The highest BCUT2D eigenvalue weighted by atomic mass is 16.4. The first-order chi connectivity index (χ1) is 16.0. The third-order valence-electron chi connectivity index (χ3n) is 7.12. The van der Waals surface area contributed by atoms with Gasteiger partial charge in [0.15, 0.2) is 0 Å². The summed E-state index contributed by atoms with van der Waals surface area (Å²) < 4.78 is 0. The van der Waals surface area contributed by atoms with Gasteiger partial charge in [0.1, 0.15) is 0 Å². The maximum atomic E-state index is 11.7. The Bertz CT molecular complexity index is 1480. The normalized spacial score (nSPS) is 16.0. The molecule has 0 amide bonds. The molecule has 0 heterocycles. The molecule has 0 radical (unpaired) electrons. The van der Waals surface area contributed by atoms with Gasteiger partial charge in [-0.1, -0.05) is 55.5 Å². The molecule has 2 aliphatic carbocycles. The molecule has 166 valence electrons. The number of hydrogen-bond donors (Lipinski definition) is 2. The van der Waals surface area contributed by atoms with Crippen molar-refractivity contribution >= 4 is 24.1 Å². The van der Waals surface area contributed by atoms with Crippen LogP contribution in [0.1, 0.15) is 62.7 Å². The molecule has 0 saturated heterocycles. The molecule has 2 N–H and O–H groups in total. The van der Waals surface area contributed by atoms with Crippen molar-refractivity contribution in [2.75, 3.05) is 0 Å². The molecule has 1 atom stereocenters. The molecular formula is C29H26O4. The van der Waals surface area contributed by atoms with Gasteiger partial charge in [-0.2, -0.15) is 0 Å². The van der Waals surface area contributed by atoms with E-state index in [-0.39, 0.29) is 17.5 Å². The van der Waals surface area contributed by atoms with Crippen molar-refractivity contribution in [3.8, 4) is 0 Å². The number of aromatic carboxylic acids is 2. The van der Waals surface area contributed by atoms with Crippen molar-refractivity contribution in [3.63, 3.8) is 0 Å². The van der Waals surface area contributed by atoms with Crippen LogP contribution in [0.2, 0.25) is 0 Å². The zero-order valence-corrected chi connectivity index (χ0v) is 18.6. The van der Waals surface area contributed by atoms with Crippen LogP contribution in [0.5, 0.6) is 0 Å². The minimum absolute atomic E-state index is 0.0372. The third kappa shape index (κ3) is 3.76. The molecular weight excluding hydrogens is 412 g/mol. The first-order valence-corrected chi connectivity index (χ1v) is 11.5. The number of rotatable bonds is 5. The molecule has 0 fully saturated rings. The van der Waals surface area contributed by atoms with Gasteiger partial charge in [0.05, 0.1) is 11.1 Å². The summed E-state index contributed by atoms with van der Waals surface area (Å²) in [6.45, 7) is 2.25. The molecule has 0 aromatic heterocycles. The highest BCUT2D eigenvalue weighted by molar-refractivity contribution is 5.96. The molecule has 0 aliphatic heterocycles. The average molecular weight is 439 g/mol. The summed E-state index contributed by atoms with van der Waals surface area (Å²) in [5.41, 5.74) is 4.21. The number of benzene rings is 3. The topological polar surface area (TPSA) is 74.6 Å². The first-order valence-electron chi connectivity index (χ1n) is 11.5. The number of carboxylic acid groups (broad SMARTS) is 2. The predicted molar refractivity (Wildman–Crippen MR) is 128 cm³/mol. The second kappa shape index (κ2) is 8.36. The summed E-state index contributed by atoms with van der Waals surface area (Å²) in [5.74, 6) is -1.56. The zero-order chi connectivity index (χ0) is 23.1. The molecule has 0 spiro atoms. The van der Waals surface area contributed by atoms with Crippen molar-refractivity contribution in [3.05, 3.63) is 103 Å². The zero-order valence-electron chi connectivity index (χ0n) is 18.6. The van der Waals surface area contributed by atoms with Gasteiger partial charge in [0, 0.05) is 0 Å². The smallest absolute Gasteiger partial charge is 0.336 e. The highest BCUT2D eigenvalue weighted by Crippen LogP contribution is 2.23. The third-order valence-corrected chi connectivity index (χ3v) is 7.12. The van der Waals surface area contributed by atoms with E-state index in [1.54, 1.807) is 0 Å². The Morgan fingerprint density at radius 2 is 1.64 bits per heavy atom. The minimum atomic E-state index is -1.11. The summed E-state index contributed by atoms with van der Waals surface area (Å²) in [7, 11) is 0. The van der Waals surface area contributed by atoms with Gasteiger partial charge < -0.3 is 10.2 Å². The van der Waals surface area contributed by atoms with Gasteiger partial charge in [-0.25, -0.2) is 9.59 Å². The fourth-order valence-corrected chi connectivity index (χ4v) is 5.37. The van der Waals surface area contributed by atoms with Gasteiger partial charge in [-0.3, -0.25) is 0 Å². The minimum Gasteiger partial charge on any atom is -0.478 e. The Hall–Kier alpha value is -3.66. The second-order valence-electron chi connectivity index (χ2n) is 8.98. The molecule has 4 heteroatoms. The van der Waals surface area contributed by atoms with Crippen LogP contribution >= 0.6 is 0 Å². The van der Waals surface area contributed by atoms with E-state index < -0.39 is 11.9 Å². The van der Waals surface area contributed by atoms with Crippen LogP contribution in [-0.2, 0) is 19.3 Å². The fraction of sp³-hybridized carbons (Fsp3) is 0.241. The van der Waals surface area contributed by atoms with E-state index in [9.17, 15) is 19.8 Å². The molecule has 1 unspecified atom stereocenters. The van der Waals surface area contributed by atoms with Crippen molar-refractivity contribution in [1.29, 1.82) is 0 Å². The summed E-state index contributed by atoms with van der Waals surface area (Å²) in [6, 6.07) is 15.1. The molecule has 2 aliphatic rings. The maximum Gasteiger partial charge on any atom is 0.336 e. The van der Waals surface area contributed by atoms with Crippen molar-refractivity contribution in [2.45, 2.75) is 39.0 Å². The van der Waals surface area contributed by atoms with Crippen LogP contribution in [-0.4, -0.2) is 22.2 Å². The number of carboxylic acids is 2. The van der Waals surface area contributed by atoms with Gasteiger partial charge in [-0.15, -0.1) is 0 Å². The maximum absolute atomic E-state index is 11.7. The summed E-state index contributed by atoms with van der Waals surface area (Å²) >= 11 is 0. The van der Waals surface area contributed by atoms with E-state index in [2.05, 4.69) is 43.3 Å². The Balaban J connectivity index is 1.63. The number of hydrogen-bond acceptors (Lipinski definition) is 2. The number of carbonyl (C=O) groups is 2. The van der Waals surface area contributed by atoms with Crippen LogP contribution in [0.15, 0.2) is 48.5 Å². The van der Waals surface area contributed by atoms with E-state index >= 15 is 0 Å². The standard InChI is InChI=1S/C29H26O4/c1-2-17-6-10-21-19(14-17)8-12-24-22-11-7-18(15-20(22)9-13-23(21)24)16-27-25(28(30)31)4-3-5-26(27)29(32)33/h3-5,7-9,11-12,14-15,17H,2,6,10,13,16H2,1H3,(H,30,31)(H,32,33). The molecule has 0 saturated carbocycles. The lowest BCUT2D eigenvalue weighted by Crippen LogP contribution is -2.23. The highest BCUT2D eigenvalue weighted by Gasteiger charge is 2.19. The molecule has 3 aromatic rings. The second-order valence-corrected chi connectivity index (χ2v) is 8.98. The monoisotopic (exact) mass is 438 g/mol. The molecule has 5 rings (SSSR count). The lowest BCUT2D eigenvalue weighted by molar-refractivity contribution is 0.0696. The Labute approximate surface area is 191 Å². The Morgan fingerprint density at radius 3 is 2.33 bits per heavy atom. The molecule has 3 aromatic carbocycles. The van der Waals surface area contributed by atoms with Crippen LogP contribution in [0.25, 0.3) is 12.2 Å². The van der Waals surface area contributed by atoms with Crippen LogP contribution < -0.4 is 10.4 Å². The Morgan fingerprint density at radius 1 is 0.909 bits per heavy atom. The lowest BCUT2D eigenvalue weighted by atomic mass is 9.84. The van der Waals surface area contributed by atoms with Crippen LogP contribution in [0.3, 0.4) is 0 Å². The van der Waals surface area contributed by atoms with E-state index in [4.69, 9.17) is 0 Å². The molecule has 4 nitrogen and oxygen atoms in total. The lowest BCUT2D eigenvalue weighted by Gasteiger charge is -2.21. The van der Waals surface area contributed by atoms with Crippen LogP contribution in [0, 0.1) is 16.4 Å². The molecule has 33 heavy (non-hydrogen) atoms. The SMILES string of the molecule is CCC1C=c2ccc3c(c2CC1)CC=c1cc(Cc2c(C(=O)O)cccc2C(=O)O)ccc1=3. The van der Waals surface area contributed by atoms with Gasteiger partial charge >= 0.3 is 11.9 Å². The van der Waals surface area contributed by atoms with E-state index in [0.29, 0.717) is 11.5 Å². The van der Waals surface area contributed by atoms with Crippen LogP contribution in [0.4, 0.5) is 0 Å². The Kier molecular flexibility index (Phi) is 5.37. The quantitative estimate of drug-likeness (QED) is 0.630. The predicted octanol–water partition coefficient (Wildman–Crippen LogP) is 4.05. The van der Waals surface area contributed by atoms with E-state index in [1.165, 1.54) is 57.8 Å². The number of fused-ring (bicyclic) bond motifs is 4. The van der Waals surface area contributed by atoms with Gasteiger partial charge in [0.25, 0.3) is 0 Å². The summed E-state index contributed by atoms with van der Waals surface area (Å²) in [4.78, 5) is 23.4. The fourth-order valence-electron chi connectivity index (χ4n) is 5.37. The average Bonchev–Trinajstić information content (AvgIpc) is 2.82. The van der Waals surface area contributed by atoms with Crippen molar-refractivity contribution < 1.29 is 19.8 Å². The summed E-state index contributed by atoms with van der Waals surface area (Å²) in [6.07, 6.45) is 9.33. The van der Waals surface area contributed by atoms with E-state index in [1.807, 2.05) is 6.07 Å². The van der Waals surface area contributed by atoms with Crippen molar-refractivity contribution in [1.82, 2.24) is 0 Å².